The number of nitrogens with one attached hydrogen (secondary N) is 2. The fourth-order valence-corrected chi connectivity index (χ4v) is 1.03. The van der Waals surface area contributed by atoms with Gasteiger partial charge in [-0.1, -0.05) is 0 Å². The van der Waals surface area contributed by atoms with Crippen LogP contribution in [0.3, 0.4) is 0 Å². The van der Waals surface area contributed by atoms with Gasteiger partial charge in [0.25, 0.3) is 5.91 Å². The Kier molecular flexibility index (Phi) is 6.23. The number of Topliss-reactive ketones (excluding diaryl/α,β-unsaturated/α-hetero) is 1. The molecular formula is C8H9N2NaO4. The maximum absolute atomic E-state index is 11.1. The van der Waals surface area contributed by atoms with E-state index in [1.165, 1.54) is 0 Å². The zero-order valence-corrected chi connectivity index (χ0v) is 10.3. The summed E-state index contributed by atoms with van der Waals surface area (Å²) in [5.41, 5.74) is -0.0440. The smallest absolute Gasteiger partial charge is 0.548 e. The van der Waals surface area contributed by atoms with Crippen molar-refractivity contribution >= 4 is 17.7 Å². The van der Waals surface area contributed by atoms with Crippen LogP contribution in [-0.4, -0.2) is 30.7 Å². The van der Waals surface area contributed by atoms with E-state index in [0.717, 1.165) is 6.20 Å². The Labute approximate surface area is 108 Å². The van der Waals surface area contributed by atoms with Crippen LogP contribution in [-0.2, 0) is 14.4 Å². The van der Waals surface area contributed by atoms with Crippen molar-refractivity contribution in [2.45, 2.75) is 6.42 Å². The second kappa shape index (κ2) is 6.60. The summed E-state index contributed by atoms with van der Waals surface area (Å²) in [5.74, 6) is -2.07. The number of hydrogen-bond acceptors (Lipinski definition) is 5. The summed E-state index contributed by atoms with van der Waals surface area (Å²) in [4.78, 5) is 32.2. The Morgan fingerprint density at radius 3 is 2.73 bits per heavy atom. The van der Waals surface area contributed by atoms with Crippen LogP contribution in [0.1, 0.15) is 6.42 Å². The molecule has 1 fully saturated rings. The Balaban J connectivity index is 0.00000196. The van der Waals surface area contributed by atoms with Gasteiger partial charge in [0.05, 0.1) is 18.1 Å². The normalized spacial score (nSPS) is 18.0. The molecule has 1 rings (SSSR count). The van der Waals surface area contributed by atoms with Crippen LogP contribution < -0.4 is 45.3 Å². The Morgan fingerprint density at radius 2 is 2.20 bits per heavy atom. The van der Waals surface area contributed by atoms with E-state index in [2.05, 4.69) is 10.6 Å². The van der Waals surface area contributed by atoms with Crippen molar-refractivity contribution in [1.29, 1.82) is 0 Å². The van der Waals surface area contributed by atoms with E-state index in [0.29, 0.717) is 6.54 Å². The van der Waals surface area contributed by atoms with E-state index in [1.807, 2.05) is 0 Å². The van der Waals surface area contributed by atoms with E-state index in [9.17, 15) is 19.5 Å². The van der Waals surface area contributed by atoms with E-state index in [4.69, 9.17) is 0 Å². The van der Waals surface area contributed by atoms with Gasteiger partial charge in [0.1, 0.15) is 0 Å². The molecule has 0 saturated carbocycles. The third kappa shape index (κ3) is 4.46. The minimum absolute atomic E-state index is 0. The van der Waals surface area contributed by atoms with Gasteiger partial charge in [-0.2, -0.15) is 0 Å². The zero-order chi connectivity index (χ0) is 10.6. The van der Waals surface area contributed by atoms with Crippen molar-refractivity contribution in [3.05, 3.63) is 11.8 Å². The van der Waals surface area contributed by atoms with Crippen molar-refractivity contribution < 1.29 is 49.0 Å². The van der Waals surface area contributed by atoms with Crippen LogP contribution in [0.25, 0.3) is 0 Å². The van der Waals surface area contributed by atoms with Crippen molar-refractivity contribution in [2.24, 2.45) is 0 Å². The standard InChI is InChI=1S/C8H10N2O4.Na/c11-6-1-2-10-8(14)5(6)3-9-4-7(12)13;/h3,9H,1-2,4H2,(H,10,14)(H,12,13);/q;+1/p-1/b5-3+;. The van der Waals surface area contributed by atoms with Gasteiger partial charge in [-0.25, -0.2) is 0 Å². The average molecular weight is 220 g/mol. The maximum Gasteiger partial charge on any atom is 1.00 e. The van der Waals surface area contributed by atoms with E-state index in [-0.39, 0.29) is 47.3 Å². The predicted molar refractivity (Wildman–Crippen MR) is 43.7 cm³/mol. The molecule has 0 aromatic rings. The van der Waals surface area contributed by atoms with E-state index >= 15 is 0 Å². The first-order valence-corrected chi connectivity index (χ1v) is 4.06. The summed E-state index contributed by atoms with van der Waals surface area (Å²) in [6.45, 7) is -0.0977. The molecule has 1 heterocycles. The van der Waals surface area contributed by atoms with Gasteiger partial charge in [0.2, 0.25) is 0 Å². The number of ketones is 1. The fourth-order valence-electron chi connectivity index (χ4n) is 1.03. The van der Waals surface area contributed by atoms with E-state index < -0.39 is 18.4 Å². The van der Waals surface area contributed by atoms with Crippen molar-refractivity contribution in [2.75, 3.05) is 13.1 Å². The summed E-state index contributed by atoms with van der Waals surface area (Å²) >= 11 is 0. The number of carbonyl (C=O) groups excluding carboxylic acids is 3. The molecule has 0 aliphatic carbocycles. The van der Waals surface area contributed by atoms with Crippen LogP contribution in [0.15, 0.2) is 11.8 Å². The molecule has 1 aliphatic heterocycles. The van der Waals surface area contributed by atoms with Crippen molar-refractivity contribution in [3.8, 4) is 0 Å². The molecule has 0 spiro atoms. The summed E-state index contributed by atoms with van der Waals surface area (Å²) in [5, 5.41) is 14.8. The SMILES string of the molecule is O=C([O-])CN/C=C1\C(=O)CCNC1=O.[Na+]. The van der Waals surface area contributed by atoms with Gasteiger partial charge in [-0.3, -0.25) is 9.59 Å². The van der Waals surface area contributed by atoms with Gasteiger partial charge in [0, 0.05) is 19.2 Å². The third-order valence-corrected chi connectivity index (χ3v) is 1.68. The van der Waals surface area contributed by atoms with Crippen molar-refractivity contribution in [1.82, 2.24) is 10.6 Å². The van der Waals surface area contributed by atoms with Crippen LogP contribution in [0.4, 0.5) is 0 Å². The molecule has 0 aromatic carbocycles. The maximum atomic E-state index is 11.1. The molecule has 0 unspecified atom stereocenters. The van der Waals surface area contributed by atoms with Crippen LogP contribution in [0.5, 0.6) is 0 Å². The minimum Gasteiger partial charge on any atom is -0.548 e. The van der Waals surface area contributed by atoms with Gasteiger partial charge in [-0.15, -0.1) is 0 Å². The molecule has 0 aromatic heterocycles. The Morgan fingerprint density at radius 1 is 1.53 bits per heavy atom. The van der Waals surface area contributed by atoms with Crippen LogP contribution >= 0.6 is 0 Å². The fraction of sp³-hybridized carbons (Fsp3) is 0.375. The topological polar surface area (TPSA) is 98.3 Å². The first-order valence-electron chi connectivity index (χ1n) is 4.06. The molecule has 2 N–H and O–H groups in total. The predicted octanol–water partition coefficient (Wildman–Crippen LogP) is -5.70. The molecule has 1 saturated heterocycles. The number of amides is 1. The number of carboxylic acids is 1. The van der Waals surface area contributed by atoms with Crippen LogP contribution in [0, 0.1) is 0 Å². The molecule has 0 bridgehead atoms. The molecule has 0 atom stereocenters. The van der Waals surface area contributed by atoms with Gasteiger partial charge >= 0.3 is 29.6 Å². The van der Waals surface area contributed by atoms with Crippen LogP contribution in [0.2, 0.25) is 0 Å². The number of carbonyl (C=O) groups is 3. The Hall–Kier alpha value is -0.850. The summed E-state index contributed by atoms with van der Waals surface area (Å²) < 4.78 is 0. The number of aliphatic carboxylic acids is 1. The summed E-state index contributed by atoms with van der Waals surface area (Å²) in [7, 11) is 0. The minimum atomic E-state index is -1.30. The first-order chi connectivity index (χ1) is 6.61. The molecule has 0 radical (unpaired) electrons. The molecule has 15 heavy (non-hydrogen) atoms. The summed E-state index contributed by atoms with van der Waals surface area (Å²) in [6, 6.07) is 0. The van der Waals surface area contributed by atoms with Gasteiger partial charge in [-0.05, 0) is 0 Å². The zero-order valence-electron chi connectivity index (χ0n) is 8.33. The molecular weight excluding hydrogens is 211 g/mol. The van der Waals surface area contributed by atoms with Crippen molar-refractivity contribution in [3.63, 3.8) is 0 Å². The molecule has 1 aliphatic rings. The molecule has 6 nitrogen and oxygen atoms in total. The monoisotopic (exact) mass is 220 g/mol. The quantitative estimate of drug-likeness (QED) is 0.280. The average Bonchev–Trinajstić information content (AvgIpc) is 2.09. The third-order valence-electron chi connectivity index (χ3n) is 1.68. The van der Waals surface area contributed by atoms with E-state index in [1.54, 1.807) is 0 Å². The second-order valence-corrected chi connectivity index (χ2v) is 2.74. The molecule has 76 valence electrons. The molecule has 1 amide bonds. The number of hydrogen-bond donors (Lipinski definition) is 2. The Bertz CT molecular complexity index is 296. The molecule has 7 heteroatoms. The number of rotatable bonds is 3. The van der Waals surface area contributed by atoms with Gasteiger partial charge in [0.15, 0.2) is 5.78 Å². The summed E-state index contributed by atoms with van der Waals surface area (Å²) in [6.07, 6.45) is 1.34. The second-order valence-electron chi connectivity index (χ2n) is 2.74. The van der Waals surface area contributed by atoms with Gasteiger partial charge < -0.3 is 20.5 Å². The number of piperidine rings is 1. The first kappa shape index (κ1) is 14.2. The number of carboxylic acid groups (broad SMARTS) is 1. The largest absolute Gasteiger partial charge is 1.00 e.